The molecule has 0 saturated heterocycles. The number of allylic oxidation sites excluding steroid dienone is 16. The van der Waals surface area contributed by atoms with Crippen LogP contribution in [0.5, 0.6) is 0 Å². The van der Waals surface area contributed by atoms with E-state index in [1.54, 1.807) is 0 Å². The molecule has 0 aliphatic carbocycles. The fourth-order valence-corrected chi connectivity index (χ4v) is 10.0. The third-order valence-corrected chi connectivity index (χ3v) is 15.3. The number of ether oxygens (including phenoxy) is 3. The Kier molecular flexibility index (Phi) is 66.7. The van der Waals surface area contributed by atoms with Gasteiger partial charge in [0.2, 0.25) is 0 Å². The van der Waals surface area contributed by atoms with Gasteiger partial charge in [0.15, 0.2) is 6.10 Å². The maximum atomic E-state index is 12.9. The quantitative estimate of drug-likeness (QED) is 0.0261. The predicted octanol–water partition coefficient (Wildman–Crippen LogP) is 24.4. The highest BCUT2D eigenvalue weighted by atomic mass is 16.6. The molecule has 1 atom stereocenters. The third-order valence-electron chi connectivity index (χ3n) is 15.3. The normalized spacial score (nSPS) is 12.7. The molecule has 0 bridgehead atoms. The van der Waals surface area contributed by atoms with E-state index in [2.05, 4.69) is 118 Å². The van der Waals surface area contributed by atoms with Crippen molar-refractivity contribution < 1.29 is 28.6 Å². The minimum atomic E-state index is -0.785. The fourth-order valence-electron chi connectivity index (χ4n) is 10.0. The van der Waals surface area contributed by atoms with Crippen molar-refractivity contribution in [2.45, 2.75) is 354 Å². The molecule has 1 unspecified atom stereocenters. The molecule has 0 aromatic carbocycles. The summed E-state index contributed by atoms with van der Waals surface area (Å²) in [7, 11) is 0. The first-order valence-electron chi connectivity index (χ1n) is 35.2. The molecule has 472 valence electrons. The Balaban J connectivity index is 4.22. The number of carbonyl (C=O) groups excluding carboxylic acids is 3. The lowest BCUT2D eigenvalue weighted by atomic mass is 10.0. The first-order valence-corrected chi connectivity index (χ1v) is 35.2. The zero-order valence-electron chi connectivity index (χ0n) is 54.2. The van der Waals surface area contributed by atoms with Gasteiger partial charge in [0.25, 0.3) is 0 Å². The number of hydrogen-bond acceptors (Lipinski definition) is 6. The van der Waals surface area contributed by atoms with Gasteiger partial charge in [0.05, 0.1) is 0 Å². The van der Waals surface area contributed by atoms with E-state index in [9.17, 15) is 14.4 Å². The van der Waals surface area contributed by atoms with Crippen LogP contribution < -0.4 is 0 Å². The Morgan fingerprint density at radius 2 is 0.476 bits per heavy atom. The fraction of sp³-hybridized carbons (Fsp3) is 0.750. The van der Waals surface area contributed by atoms with Crippen molar-refractivity contribution in [3.8, 4) is 0 Å². The van der Waals surface area contributed by atoms with Gasteiger partial charge in [-0.1, -0.05) is 304 Å². The van der Waals surface area contributed by atoms with Crippen molar-refractivity contribution in [1.82, 2.24) is 0 Å². The van der Waals surface area contributed by atoms with Crippen molar-refractivity contribution >= 4 is 17.9 Å². The largest absolute Gasteiger partial charge is 0.462 e. The summed E-state index contributed by atoms with van der Waals surface area (Å²) in [5.41, 5.74) is 0. The highest BCUT2D eigenvalue weighted by Crippen LogP contribution is 2.17. The second-order valence-corrected chi connectivity index (χ2v) is 23.4. The van der Waals surface area contributed by atoms with E-state index in [0.717, 1.165) is 116 Å². The van der Waals surface area contributed by atoms with Crippen molar-refractivity contribution in [3.63, 3.8) is 0 Å². The van der Waals surface area contributed by atoms with Crippen LogP contribution >= 0.6 is 0 Å². The molecule has 0 heterocycles. The Hall–Kier alpha value is -3.67. The van der Waals surface area contributed by atoms with E-state index >= 15 is 0 Å². The van der Waals surface area contributed by atoms with Crippen LogP contribution in [0.4, 0.5) is 0 Å². The van der Waals surface area contributed by atoms with E-state index in [1.165, 1.54) is 193 Å². The molecule has 0 radical (unpaired) electrons. The van der Waals surface area contributed by atoms with Gasteiger partial charge in [-0.05, 0) is 122 Å². The van der Waals surface area contributed by atoms with Crippen LogP contribution in [0.25, 0.3) is 0 Å². The van der Waals surface area contributed by atoms with E-state index in [0.29, 0.717) is 19.3 Å². The first-order chi connectivity index (χ1) is 40.5. The van der Waals surface area contributed by atoms with Crippen molar-refractivity contribution in [2.24, 2.45) is 0 Å². The second kappa shape index (κ2) is 69.8. The molecule has 0 aromatic rings. The molecule has 6 heteroatoms. The molecule has 6 nitrogen and oxygen atoms in total. The molecule has 0 saturated carbocycles. The van der Waals surface area contributed by atoms with Crippen LogP contribution in [0.3, 0.4) is 0 Å². The van der Waals surface area contributed by atoms with Crippen LogP contribution in [0.15, 0.2) is 97.2 Å². The molecule has 0 amide bonds. The SMILES string of the molecule is CC/C=C\C/C=C\C/C=C\C/C=C\C/C=C\C/C=C\CCCCCCCCCCCCCCCCC(=O)OCC(COC(=O)CCCCCCC/C=C\CCCCCCCC)OC(=O)CCCCCCC/C=C\CCCCCCCCC. The van der Waals surface area contributed by atoms with Gasteiger partial charge in [0.1, 0.15) is 13.2 Å². The minimum absolute atomic E-state index is 0.0806. The van der Waals surface area contributed by atoms with Crippen molar-refractivity contribution in [3.05, 3.63) is 97.2 Å². The van der Waals surface area contributed by atoms with Crippen molar-refractivity contribution in [2.75, 3.05) is 13.2 Å². The summed E-state index contributed by atoms with van der Waals surface area (Å²) in [6.45, 7) is 6.54. The molecule has 0 N–H and O–H groups in total. The summed E-state index contributed by atoms with van der Waals surface area (Å²) in [4.78, 5) is 38.4. The van der Waals surface area contributed by atoms with Crippen LogP contribution in [0.2, 0.25) is 0 Å². The average molecular weight is 1140 g/mol. The van der Waals surface area contributed by atoms with Gasteiger partial charge in [-0.15, -0.1) is 0 Å². The Morgan fingerprint density at radius 3 is 0.756 bits per heavy atom. The van der Waals surface area contributed by atoms with Gasteiger partial charge in [-0.3, -0.25) is 14.4 Å². The van der Waals surface area contributed by atoms with E-state index in [-0.39, 0.29) is 31.1 Å². The lowest BCUT2D eigenvalue weighted by molar-refractivity contribution is -0.167. The Labute approximate surface area is 508 Å². The highest BCUT2D eigenvalue weighted by molar-refractivity contribution is 5.71. The Bertz CT molecular complexity index is 1590. The third kappa shape index (κ3) is 67.1. The van der Waals surface area contributed by atoms with Crippen LogP contribution in [-0.2, 0) is 28.6 Å². The molecule has 0 aliphatic rings. The number of hydrogen-bond donors (Lipinski definition) is 0. The minimum Gasteiger partial charge on any atom is -0.462 e. The lowest BCUT2D eigenvalue weighted by Crippen LogP contribution is -2.30. The average Bonchev–Trinajstić information content (AvgIpc) is 3.47. The predicted molar refractivity (Wildman–Crippen MR) is 357 cm³/mol. The molecule has 82 heavy (non-hydrogen) atoms. The molecule has 0 spiro atoms. The number of esters is 3. The summed E-state index contributed by atoms with van der Waals surface area (Å²) >= 11 is 0. The zero-order valence-corrected chi connectivity index (χ0v) is 54.2. The molecular weight excluding hydrogens is 1010 g/mol. The van der Waals surface area contributed by atoms with Crippen molar-refractivity contribution in [1.29, 1.82) is 0 Å². The van der Waals surface area contributed by atoms with Gasteiger partial charge in [-0.25, -0.2) is 0 Å². The maximum Gasteiger partial charge on any atom is 0.306 e. The van der Waals surface area contributed by atoms with Crippen LogP contribution in [0.1, 0.15) is 348 Å². The van der Waals surface area contributed by atoms with Crippen LogP contribution in [0, 0.1) is 0 Å². The van der Waals surface area contributed by atoms with Crippen LogP contribution in [-0.4, -0.2) is 37.2 Å². The molecule has 0 aromatic heterocycles. The van der Waals surface area contributed by atoms with E-state index in [1.807, 2.05) is 0 Å². The zero-order chi connectivity index (χ0) is 59.2. The summed E-state index contributed by atoms with van der Waals surface area (Å²) < 4.78 is 17.0. The Morgan fingerprint density at radius 1 is 0.256 bits per heavy atom. The van der Waals surface area contributed by atoms with E-state index < -0.39 is 6.10 Å². The summed E-state index contributed by atoms with van der Waals surface area (Å²) in [5, 5.41) is 0. The molecular formula is C76H132O6. The van der Waals surface area contributed by atoms with Gasteiger partial charge in [0, 0.05) is 19.3 Å². The maximum absolute atomic E-state index is 12.9. The van der Waals surface area contributed by atoms with Gasteiger partial charge < -0.3 is 14.2 Å². The van der Waals surface area contributed by atoms with Gasteiger partial charge >= 0.3 is 17.9 Å². The smallest absolute Gasteiger partial charge is 0.306 e. The number of unbranched alkanes of at least 4 members (excludes halogenated alkanes) is 37. The standard InChI is InChI=1S/C76H132O6/c1-4-7-10-13-16-19-22-25-28-30-31-32-33-34-35-36-37-38-39-40-41-42-43-44-45-46-49-51-54-57-60-63-66-69-75(78)81-72-73(71-80-74(77)68-65-62-59-56-53-50-47-27-24-21-18-15-12-9-6-3)82-76(79)70-67-64-61-58-55-52-48-29-26-23-20-17-14-11-8-5-2/h7,10,16,19,25,27-29,31-32,34-35,37-38,47-48,73H,4-6,8-9,11-15,17-18,20-24,26,30,33,36,39-46,49-72H2,1-3H3/b10-7-,19-16-,28-25-,32-31-,35-34-,38-37-,47-27-,48-29-. The van der Waals surface area contributed by atoms with E-state index in [4.69, 9.17) is 14.2 Å². The second-order valence-electron chi connectivity index (χ2n) is 23.4. The highest BCUT2D eigenvalue weighted by Gasteiger charge is 2.19. The molecule has 0 rings (SSSR count). The topological polar surface area (TPSA) is 78.9 Å². The lowest BCUT2D eigenvalue weighted by Gasteiger charge is -2.18. The monoisotopic (exact) mass is 1140 g/mol. The van der Waals surface area contributed by atoms with Gasteiger partial charge in [-0.2, -0.15) is 0 Å². The molecule has 0 fully saturated rings. The number of rotatable bonds is 64. The summed E-state index contributed by atoms with van der Waals surface area (Å²) in [5.74, 6) is -0.882. The summed E-state index contributed by atoms with van der Waals surface area (Å²) in [6, 6.07) is 0. The molecule has 0 aliphatic heterocycles. The first kappa shape index (κ1) is 78.3. The number of carbonyl (C=O) groups is 3. The summed E-state index contributed by atoms with van der Waals surface area (Å²) in [6.07, 6.45) is 94.3.